The van der Waals surface area contributed by atoms with Gasteiger partial charge in [0.15, 0.2) is 16.5 Å². The van der Waals surface area contributed by atoms with Crippen molar-refractivity contribution in [1.82, 2.24) is 4.98 Å². The zero-order valence-electron chi connectivity index (χ0n) is 15.0. The second-order valence-electron chi connectivity index (χ2n) is 5.84. The molecule has 1 amide bonds. The van der Waals surface area contributed by atoms with Crippen LogP contribution in [0, 0.1) is 5.82 Å². The highest BCUT2D eigenvalue weighted by molar-refractivity contribution is 7.13. The van der Waals surface area contributed by atoms with Crippen LogP contribution >= 0.6 is 22.9 Å². The summed E-state index contributed by atoms with van der Waals surface area (Å²) in [5, 5.41) is 5.63. The summed E-state index contributed by atoms with van der Waals surface area (Å²) in [6, 6.07) is 10.7. The van der Waals surface area contributed by atoms with Gasteiger partial charge in [0, 0.05) is 17.0 Å². The van der Waals surface area contributed by atoms with Gasteiger partial charge in [-0.05, 0) is 30.3 Å². The van der Waals surface area contributed by atoms with Crippen molar-refractivity contribution < 1.29 is 18.3 Å². The molecule has 0 saturated carbocycles. The van der Waals surface area contributed by atoms with E-state index in [1.165, 1.54) is 30.6 Å². The fourth-order valence-corrected chi connectivity index (χ4v) is 3.40. The van der Waals surface area contributed by atoms with Crippen molar-refractivity contribution in [2.75, 3.05) is 12.4 Å². The number of benzene rings is 2. The van der Waals surface area contributed by atoms with Crippen molar-refractivity contribution in [2.45, 2.75) is 0 Å². The topological polar surface area (TPSA) is 76.7 Å². The lowest BCUT2D eigenvalue weighted by atomic mass is 10.1. The summed E-state index contributed by atoms with van der Waals surface area (Å²) >= 11 is 7.38. The first kappa shape index (κ1) is 19.1. The third kappa shape index (κ3) is 3.98. The van der Waals surface area contributed by atoms with E-state index in [2.05, 4.69) is 15.3 Å². The number of carbonyl (C=O) groups is 1. The molecule has 4 rings (SSSR count). The van der Waals surface area contributed by atoms with Gasteiger partial charge in [0.2, 0.25) is 5.55 Å². The molecule has 0 aliphatic heterocycles. The fourth-order valence-electron chi connectivity index (χ4n) is 2.66. The highest BCUT2D eigenvalue weighted by atomic mass is 35.5. The average molecular weight is 430 g/mol. The lowest BCUT2D eigenvalue weighted by Gasteiger charge is -2.08. The van der Waals surface area contributed by atoms with Crippen LogP contribution in [0.4, 0.5) is 15.2 Å². The van der Waals surface area contributed by atoms with Crippen LogP contribution in [0.3, 0.4) is 0 Å². The zero-order chi connectivity index (χ0) is 20.4. The number of fused-ring (bicyclic) bond motifs is 1. The van der Waals surface area contributed by atoms with Crippen molar-refractivity contribution in [3.05, 3.63) is 76.0 Å². The summed E-state index contributed by atoms with van der Waals surface area (Å²) in [6.07, 6.45) is 1.58. The average Bonchev–Trinajstić information content (AvgIpc) is 3.22. The summed E-state index contributed by atoms with van der Waals surface area (Å²) in [7, 11) is 1.51. The lowest BCUT2D eigenvalue weighted by Crippen LogP contribution is -2.21. The maximum absolute atomic E-state index is 13.4. The first-order chi connectivity index (χ1) is 14.0. The van der Waals surface area contributed by atoms with E-state index in [0.29, 0.717) is 21.9 Å². The molecular weight excluding hydrogens is 417 g/mol. The van der Waals surface area contributed by atoms with Crippen molar-refractivity contribution in [1.29, 1.82) is 0 Å². The minimum absolute atomic E-state index is 0.00423. The smallest absolute Gasteiger partial charge is 0.262 e. The first-order valence-electron chi connectivity index (χ1n) is 8.36. The molecule has 0 radical (unpaired) electrons. The molecule has 2 aromatic heterocycles. The van der Waals surface area contributed by atoms with Crippen LogP contribution in [-0.4, -0.2) is 18.0 Å². The molecule has 146 valence electrons. The second kappa shape index (κ2) is 8.02. The van der Waals surface area contributed by atoms with E-state index in [1.807, 2.05) is 0 Å². The number of amides is 1. The standard InChI is InChI=1S/C20H13ClFN3O3S/c1-27-16-4-2-3-11-9-13(18(26)25-20-23-7-8-29-20)19(28-17(11)16)24-15-6-5-12(22)10-14(15)21/h2-10H,1H3,(H,23,25,26). The Labute approximate surface area is 173 Å². The molecule has 0 unspecified atom stereocenters. The number of rotatable bonds is 4. The number of aromatic nitrogens is 1. The Hall–Kier alpha value is -3.23. The molecular formula is C20H13ClFN3O3S. The number of halogens is 2. The van der Waals surface area contributed by atoms with E-state index in [-0.39, 0.29) is 21.8 Å². The molecule has 1 N–H and O–H groups in total. The van der Waals surface area contributed by atoms with Crippen molar-refractivity contribution in [2.24, 2.45) is 4.99 Å². The number of para-hydroxylation sites is 1. The second-order valence-corrected chi connectivity index (χ2v) is 7.14. The predicted molar refractivity (Wildman–Crippen MR) is 109 cm³/mol. The number of hydrogen-bond acceptors (Lipinski definition) is 6. The highest BCUT2D eigenvalue weighted by Crippen LogP contribution is 2.27. The van der Waals surface area contributed by atoms with Crippen molar-refractivity contribution in [3.63, 3.8) is 0 Å². The molecule has 0 saturated heterocycles. The molecule has 0 aliphatic carbocycles. The highest BCUT2D eigenvalue weighted by Gasteiger charge is 2.16. The van der Waals surface area contributed by atoms with Crippen molar-refractivity contribution >= 4 is 50.6 Å². The van der Waals surface area contributed by atoms with Crippen LogP contribution in [0.25, 0.3) is 11.0 Å². The number of ether oxygens (including phenoxy) is 1. The van der Waals surface area contributed by atoms with Crippen LogP contribution in [0.1, 0.15) is 10.4 Å². The largest absolute Gasteiger partial charge is 0.493 e. The summed E-state index contributed by atoms with van der Waals surface area (Å²) in [5.41, 5.74) is 0.845. The van der Waals surface area contributed by atoms with Gasteiger partial charge in [0.05, 0.1) is 17.8 Å². The third-order valence-corrected chi connectivity index (χ3v) is 4.98. The van der Waals surface area contributed by atoms with Crippen molar-refractivity contribution in [3.8, 4) is 5.75 Å². The van der Waals surface area contributed by atoms with E-state index in [0.717, 1.165) is 6.07 Å². The predicted octanol–water partition coefficient (Wildman–Crippen LogP) is 5.18. The van der Waals surface area contributed by atoms with Gasteiger partial charge in [-0.15, -0.1) is 11.3 Å². The van der Waals surface area contributed by atoms with Crippen LogP contribution in [0.15, 0.2) is 63.5 Å². The molecule has 0 bridgehead atoms. The Morgan fingerprint density at radius 1 is 1.31 bits per heavy atom. The van der Waals surface area contributed by atoms with Gasteiger partial charge >= 0.3 is 0 Å². The summed E-state index contributed by atoms with van der Waals surface area (Å²) < 4.78 is 24.6. The SMILES string of the molecule is COc1cccc2cc(C(=O)Nc3nccs3)c(=Nc3ccc(F)cc3Cl)oc12. The number of nitrogens with one attached hydrogen (secondary N) is 1. The quantitative estimate of drug-likeness (QED) is 0.485. The minimum Gasteiger partial charge on any atom is -0.493 e. The fraction of sp³-hybridized carbons (Fsp3) is 0.0500. The summed E-state index contributed by atoms with van der Waals surface area (Å²) in [6.45, 7) is 0. The Kier molecular flexibility index (Phi) is 5.28. The summed E-state index contributed by atoms with van der Waals surface area (Å²) in [5.74, 6) is -0.464. The molecule has 0 aliphatic rings. The number of nitrogens with zero attached hydrogens (tertiary/aromatic N) is 2. The monoisotopic (exact) mass is 429 g/mol. The Morgan fingerprint density at radius 2 is 2.17 bits per heavy atom. The van der Waals surface area contributed by atoms with Gasteiger partial charge in [-0.25, -0.2) is 14.4 Å². The minimum atomic E-state index is -0.493. The van der Waals surface area contributed by atoms with E-state index in [9.17, 15) is 9.18 Å². The normalized spacial score (nSPS) is 11.6. The van der Waals surface area contributed by atoms with Gasteiger partial charge < -0.3 is 9.15 Å². The zero-order valence-corrected chi connectivity index (χ0v) is 16.6. The molecule has 0 atom stereocenters. The number of hydrogen-bond donors (Lipinski definition) is 1. The van der Waals surface area contributed by atoms with Crippen LogP contribution in [-0.2, 0) is 0 Å². The van der Waals surface area contributed by atoms with Gasteiger partial charge in [0.1, 0.15) is 11.4 Å². The molecule has 2 heterocycles. The first-order valence-corrected chi connectivity index (χ1v) is 9.62. The lowest BCUT2D eigenvalue weighted by molar-refractivity contribution is 0.102. The number of carbonyl (C=O) groups excluding carboxylic acids is 1. The number of thiazole rings is 1. The molecule has 0 spiro atoms. The number of methoxy groups -OCH3 is 1. The van der Waals surface area contributed by atoms with Crippen LogP contribution in [0.5, 0.6) is 5.75 Å². The van der Waals surface area contributed by atoms with Crippen LogP contribution in [0.2, 0.25) is 5.02 Å². The van der Waals surface area contributed by atoms with Gasteiger partial charge in [-0.1, -0.05) is 23.7 Å². The van der Waals surface area contributed by atoms with E-state index < -0.39 is 11.7 Å². The molecule has 0 fully saturated rings. The maximum atomic E-state index is 13.4. The van der Waals surface area contributed by atoms with Crippen LogP contribution < -0.4 is 15.6 Å². The van der Waals surface area contributed by atoms with E-state index >= 15 is 0 Å². The third-order valence-electron chi connectivity index (χ3n) is 3.99. The molecule has 6 nitrogen and oxygen atoms in total. The van der Waals surface area contributed by atoms with Gasteiger partial charge in [-0.2, -0.15) is 0 Å². The Morgan fingerprint density at radius 3 is 2.90 bits per heavy atom. The summed E-state index contributed by atoms with van der Waals surface area (Å²) in [4.78, 5) is 21.3. The molecule has 2 aromatic carbocycles. The Bertz CT molecular complexity index is 1270. The van der Waals surface area contributed by atoms with Gasteiger partial charge in [-0.3, -0.25) is 10.1 Å². The van der Waals surface area contributed by atoms with Gasteiger partial charge in [0.25, 0.3) is 5.91 Å². The van der Waals surface area contributed by atoms with E-state index in [4.69, 9.17) is 20.8 Å². The maximum Gasteiger partial charge on any atom is 0.262 e. The molecule has 9 heteroatoms. The van der Waals surface area contributed by atoms with E-state index in [1.54, 1.807) is 35.8 Å². The Balaban J connectivity index is 1.93. The molecule has 4 aromatic rings. The number of anilines is 1. The molecule has 29 heavy (non-hydrogen) atoms.